The minimum absolute atomic E-state index is 0.141. The molecule has 1 atom stereocenters. The fraction of sp³-hybridized carbons (Fsp3) is 0.500. The molecule has 3 fully saturated rings. The number of aromatic nitrogens is 1. The molecule has 2 aromatic carbocycles. The fourth-order valence-corrected chi connectivity index (χ4v) is 8.34. The van der Waals surface area contributed by atoms with Gasteiger partial charge in [-0.2, -0.15) is 0 Å². The van der Waals surface area contributed by atoms with Gasteiger partial charge in [-0.1, -0.05) is 6.07 Å². The highest BCUT2D eigenvalue weighted by Crippen LogP contribution is 2.37. The Morgan fingerprint density at radius 2 is 1.54 bits per heavy atom. The summed E-state index contributed by atoms with van der Waals surface area (Å²) in [7, 11) is 4.63. The summed E-state index contributed by atoms with van der Waals surface area (Å²) < 4.78 is 39.9. The minimum Gasteiger partial charge on any atom is -0.496 e. The Morgan fingerprint density at radius 1 is 0.852 bits per heavy atom. The third-order valence-electron chi connectivity index (χ3n) is 11.6. The molecule has 288 valence electrons. The van der Waals surface area contributed by atoms with Gasteiger partial charge in [0.05, 0.1) is 25.3 Å². The molecule has 4 aliphatic rings. The van der Waals surface area contributed by atoms with Gasteiger partial charge < -0.3 is 28.7 Å². The number of amides is 3. The third-order valence-corrected chi connectivity index (χ3v) is 11.6. The topological polar surface area (TPSA) is 117 Å². The maximum Gasteiger partial charge on any atom is 0.269 e. The quantitative estimate of drug-likeness (QED) is 0.289. The SMILES string of the molecule is COc1cc(-c2cc(C(F)F)c(=O)n(C)c2)cc(OC)c1CN1CCN(CCC2CCN(c3ccc4c(c3)C(=O)N(C3CCC(=O)NC3=O)C4)CC2)CC1. The lowest BCUT2D eigenvalue weighted by Gasteiger charge is -2.37. The molecule has 0 saturated carbocycles. The normalized spacial score (nSPS) is 20.1. The fourth-order valence-electron chi connectivity index (χ4n) is 8.34. The van der Waals surface area contributed by atoms with Gasteiger partial charge in [0.2, 0.25) is 11.8 Å². The van der Waals surface area contributed by atoms with E-state index in [0.29, 0.717) is 53.6 Å². The number of anilines is 1. The number of hydrogen-bond donors (Lipinski definition) is 1. The van der Waals surface area contributed by atoms with Gasteiger partial charge in [-0.05, 0) is 85.2 Å². The number of imide groups is 1. The summed E-state index contributed by atoms with van der Waals surface area (Å²) in [5.41, 5.74) is 3.35. The van der Waals surface area contributed by atoms with Crippen molar-refractivity contribution in [1.82, 2.24) is 24.6 Å². The first-order valence-electron chi connectivity index (χ1n) is 18.7. The first kappa shape index (κ1) is 37.5. The van der Waals surface area contributed by atoms with Crippen LogP contribution in [0.25, 0.3) is 11.1 Å². The lowest BCUT2D eigenvalue weighted by Crippen LogP contribution is -2.52. The molecule has 0 spiro atoms. The number of carbonyl (C=O) groups excluding carboxylic acids is 3. The standard InChI is InChI=1S/C40H48F2N6O6/c1-44-22-28(18-31(37(41)42)39(44)51)27-19-34(53-2)32(35(20-27)54-3)24-46-16-14-45(15-17-46)11-8-25-9-12-47(13-10-25)29-5-4-26-23-48(40(52)30(26)21-29)33-6-7-36(49)43-38(33)50/h4-5,18-22,25,33,37H,6-17,23-24H2,1-3H3,(H,43,49,50). The highest BCUT2D eigenvalue weighted by atomic mass is 19.3. The molecule has 1 aromatic heterocycles. The third kappa shape index (κ3) is 7.72. The summed E-state index contributed by atoms with van der Waals surface area (Å²) in [6.45, 7) is 7.61. The average Bonchev–Trinajstić information content (AvgIpc) is 3.50. The van der Waals surface area contributed by atoms with Crippen molar-refractivity contribution in [3.63, 3.8) is 0 Å². The van der Waals surface area contributed by atoms with Gasteiger partial charge in [-0.25, -0.2) is 8.78 Å². The Balaban J connectivity index is 0.888. The molecule has 12 nitrogen and oxygen atoms in total. The number of piperazine rings is 1. The van der Waals surface area contributed by atoms with Gasteiger partial charge >= 0.3 is 0 Å². The molecule has 5 heterocycles. The zero-order valence-corrected chi connectivity index (χ0v) is 31.1. The van der Waals surface area contributed by atoms with Crippen LogP contribution in [0, 0.1) is 5.92 Å². The van der Waals surface area contributed by atoms with Gasteiger partial charge in [0, 0.05) is 83.3 Å². The molecule has 7 rings (SSSR count). The van der Waals surface area contributed by atoms with Crippen LogP contribution in [-0.4, -0.2) is 103 Å². The number of pyridine rings is 1. The van der Waals surface area contributed by atoms with Crippen molar-refractivity contribution >= 4 is 23.4 Å². The smallest absolute Gasteiger partial charge is 0.269 e. The van der Waals surface area contributed by atoms with Crippen molar-refractivity contribution < 1.29 is 32.6 Å². The molecular weight excluding hydrogens is 698 g/mol. The Hall–Kier alpha value is -4.82. The number of carbonyl (C=O) groups is 3. The van der Waals surface area contributed by atoms with Crippen LogP contribution in [0.3, 0.4) is 0 Å². The van der Waals surface area contributed by atoms with E-state index in [2.05, 4.69) is 26.1 Å². The predicted molar refractivity (Wildman–Crippen MR) is 199 cm³/mol. The lowest BCUT2D eigenvalue weighted by molar-refractivity contribution is -0.136. The van der Waals surface area contributed by atoms with E-state index in [1.807, 2.05) is 24.3 Å². The number of benzene rings is 2. The number of rotatable bonds is 11. The molecule has 0 bridgehead atoms. The van der Waals surface area contributed by atoms with E-state index in [9.17, 15) is 28.0 Å². The Kier molecular flexibility index (Phi) is 11.0. The number of hydrogen-bond acceptors (Lipinski definition) is 9. The van der Waals surface area contributed by atoms with E-state index in [1.165, 1.54) is 17.7 Å². The number of alkyl halides is 2. The molecule has 4 aliphatic heterocycles. The van der Waals surface area contributed by atoms with Crippen molar-refractivity contribution in [3.8, 4) is 22.6 Å². The molecule has 14 heteroatoms. The van der Waals surface area contributed by atoms with Gasteiger partial charge in [-0.3, -0.25) is 29.4 Å². The summed E-state index contributed by atoms with van der Waals surface area (Å²) in [6, 6.07) is 10.3. The van der Waals surface area contributed by atoms with Crippen molar-refractivity contribution in [3.05, 3.63) is 75.2 Å². The van der Waals surface area contributed by atoms with Crippen LogP contribution in [0.4, 0.5) is 14.5 Å². The van der Waals surface area contributed by atoms with E-state index in [-0.39, 0.29) is 18.2 Å². The van der Waals surface area contributed by atoms with Crippen molar-refractivity contribution in [2.75, 3.05) is 64.9 Å². The van der Waals surface area contributed by atoms with Crippen molar-refractivity contribution in [2.24, 2.45) is 13.0 Å². The predicted octanol–water partition coefficient (Wildman–Crippen LogP) is 4.19. The van der Waals surface area contributed by atoms with E-state index in [1.54, 1.807) is 25.3 Å². The molecule has 1 N–H and O–H groups in total. The number of methoxy groups -OCH3 is 2. The summed E-state index contributed by atoms with van der Waals surface area (Å²) in [4.78, 5) is 58.4. The van der Waals surface area contributed by atoms with Crippen molar-refractivity contribution in [1.29, 1.82) is 0 Å². The second kappa shape index (κ2) is 15.9. The van der Waals surface area contributed by atoms with Crippen LogP contribution in [0.5, 0.6) is 11.5 Å². The second-order valence-electron chi connectivity index (χ2n) is 14.8. The first-order valence-corrected chi connectivity index (χ1v) is 18.7. The number of piperidine rings is 2. The maximum absolute atomic E-state index is 13.6. The highest BCUT2D eigenvalue weighted by Gasteiger charge is 2.39. The van der Waals surface area contributed by atoms with Gasteiger partial charge in [0.1, 0.15) is 17.5 Å². The number of nitrogens with zero attached hydrogens (tertiary/aromatic N) is 5. The first-order chi connectivity index (χ1) is 26.0. The van der Waals surface area contributed by atoms with Crippen LogP contribution < -0.4 is 25.2 Å². The molecule has 0 aliphatic carbocycles. The zero-order chi connectivity index (χ0) is 38.1. The van der Waals surface area contributed by atoms with E-state index < -0.39 is 29.5 Å². The molecule has 3 amide bonds. The lowest BCUT2D eigenvalue weighted by atomic mass is 9.92. The second-order valence-corrected chi connectivity index (χ2v) is 14.8. The highest BCUT2D eigenvalue weighted by molar-refractivity contribution is 6.05. The number of aryl methyl sites for hydroxylation is 1. The summed E-state index contributed by atoms with van der Waals surface area (Å²) >= 11 is 0. The molecule has 3 saturated heterocycles. The number of ether oxygens (including phenoxy) is 2. The van der Waals surface area contributed by atoms with Crippen LogP contribution in [-0.2, 0) is 29.7 Å². The zero-order valence-electron chi connectivity index (χ0n) is 31.1. The minimum atomic E-state index is -2.88. The van der Waals surface area contributed by atoms with E-state index in [0.717, 1.165) is 81.9 Å². The summed E-state index contributed by atoms with van der Waals surface area (Å²) in [6.07, 6.45) is 2.59. The number of fused-ring (bicyclic) bond motifs is 1. The number of nitrogens with one attached hydrogen (secondary N) is 1. The van der Waals surface area contributed by atoms with E-state index >= 15 is 0 Å². The van der Waals surface area contributed by atoms with Gasteiger partial charge in [0.15, 0.2) is 0 Å². The van der Waals surface area contributed by atoms with Crippen LogP contribution in [0.2, 0.25) is 0 Å². The van der Waals surface area contributed by atoms with Crippen LogP contribution in [0.15, 0.2) is 47.4 Å². The molecule has 0 radical (unpaired) electrons. The molecule has 3 aromatic rings. The van der Waals surface area contributed by atoms with Crippen LogP contribution >= 0.6 is 0 Å². The monoisotopic (exact) mass is 746 g/mol. The van der Waals surface area contributed by atoms with Crippen molar-refractivity contribution in [2.45, 2.75) is 57.7 Å². The Bertz CT molecular complexity index is 1950. The van der Waals surface area contributed by atoms with E-state index in [4.69, 9.17) is 9.47 Å². The average molecular weight is 747 g/mol. The maximum atomic E-state index is 13.6. The summed E-state index contributed by atoms with van der Waals surface area (Å²) in [5, 5.41) is 2.37. The largest absolute Gasteiger partial charge is 0.496 e. The number of halogens is 2. The summed E-state index contributed by atoms with van der Waals surface area (Å²) in [5.74, 6) is 1.02. The molecule has 1 unspecified atom stereocenters. The Morgan fingerprint density at radius 3 is 2.19 bits per heavy atom. The Labute approximate surface area is 313 Å². The molecule has 54 heavy (non-hydrogen) atoms. The molecular formula is C40H48F2N6O6. The van der Waals surface area contributed by atoms with Crippen LogP contribution in [0.1, 0.15) is 65.6 Å². The van der Waals surface area contributed by atoms with Gasteiger partial charge in [0.25, 0.3) is 17.9 Å². The van der Waals surface area contributed by atoms with Gasteiger partial charge in [-0.15, -0.1) is 0 Å².